The first-order valence-corrected chi connectivity index (χ1v) is 7.79. The van der Waals surface area contributed by atoms with Gasteiger partial charge in [0.05, 0.1) is 14.2 Å². The standard InChI is InChI=1S/C17H24N2O4/c1-10(2)15(17(21)18-12-5-6-12)19-16(20)11-7-13(22-3)9-14(8-11)23-4/h7-10,12,15H,5-6H2,1-4H3,(H,18,21)(H,19,20)/t15-/m0/s1. The second kappa shape index (κ2) is 7.35. The van der Waals surface area contributed by atoms with Gasteiger partial charge in [0.2, 0.25) is 5.91 Å². The molecule has 0 bridgehead atoms. The van der Waals surface area contributed by atoms with Crippen molar-refractivity contribution in [2.75, 3.05) is 14.2 Å². The Morgan fingerprint density at radius 2 is 1.65 bits per heavy atom. The predicted molar refractivity (Wildman–Crippen MR) is 86.8 cm³/mol. The zero-order valence-corrected chi connectivity index (χ0v) is 14.0. The maximum atomic E-state index is 12.5. The number of hydrogen-bond acceptors (Lipinski definition) is 4. The van der Waals surface area contributed by atoms with Crippen molar-refractivity contribution in [1.29, 1.82) is 0 Å². The van der Waals surface area contributed by atoms with Crippen LogP contribution in [0.3, 0.4) is 0 Å². The van der Waals surface area contributed by atoms with Gasteiger partial charge in [-0.2, -0.15) is 0 Å². The highest BCUT2D eigenvalue weighted by Gasteiger charge is 2.30. The molecule has 6 heteroatoms. The normalized spacial score (nSPS) is 15.0. The molecule has 23 heavy (non-hydrogen) atoms. The Morgan fingerprint density at radius 1 is 1.09 bits per heavy atom. The van der Waals surface area contributed by atoms with E-state index in [-0.39, 0.29) is 23.8 Å². The fraction of sp³-hybridized carbons (Fsp3) is 0.529. The molecular weight excluding hydrogens is 296 g/mol. The smallest absolute Gasteiger partial charge is 0.252 e. The summed E-state index contributed by atoms with van der Waals surface area (Å²) in [5, 5.41) is 5.74. The molecular formula is C17H24N2O4. The quantitative estimate of drug-likeness (QED) is 0.802. The second-order valence-electron chi connectivity index (χ2n) is 6.08. The van der Waals surface area contributed by atoms with Gasteiger partial charge in [-0.3, -0.25) is 9.59 Å². The Kier molecular flexibility index (Phi) is 5.47. The van der Waals surface area contributed by atoms with Crippen molar-refractivity contribution in [1.82, 2.24) is 10.6 Å². The fourth-order valence-corrected chi connectivity index (χ4v) is 2.22. The van der Waals surface area contributed by atoms with Gasteiger partial charge in [-0.05, 0) is 30.9 Å². The van der Waals surface area contributed by atoms with E-state index in [0.717, 1.165) is 12.8 Å². The summed E-state index contributed by atoms with van der Waals surface area (Å²) in [6.45, 7) is 3.81. The molecule has 1 aliphatic rings. The van der Waals surface area contributed by atoms with Crippen LogP contribution in [0.25, 0.3) is 0 Å². The van der Waals surface area contributed by atoms with E-state index in [9.17, 15) is 9.59 Å². The van der Waals surface area contributed by atoms with Crippen molar-refractivity contribution >= 4 is 11.8 Å². The van der Waals surface area contributed by atoms with Gasteiger partial charge in [0, 0.05) is 17.7 Å². The Bertz CT molecular complexity index is 560. The number of carbonyl (C=O) groups excluding carboxylic acids is 2. The van der Waals surface area contributed by atoms with Gasteiger partial charge in [-0.25, -0.2) is 0 Å². The number of rotatable bonds is 7. The summed E-state index contributed by atoms with van der Waals surface area (Å²) >= 11 is 0. The molecule has 2 amide bonds. The molecule has 0 saturated heterocycles. The lowest BCUT2D eigenvalue weighted by atomic mass is 10.0. The summed E-state index contributed by atoms with van der Waals surface area (Å²) in [5.41, 5.74) is 0.395. The van der Waals surface area contributed by atoms with Crippen molar-refractivity contribution in [3.8, 4) is 11.5 Å². The molecule has 0 aliphatic heterocycles. The monoisotopic (exact) mass is 320 g/mol. The summed E-state index contributed by atoms with van der Waals surface area (Å²) in [4.78, 5) is 24.8. The minimum Gasteiger partial charge on any atom is -0.497 e. The third kappa shape index (κ3) is 4.61. The van der Waals surface area contributed by atoms with Gasteiger partial charge >= 0.3 is 0 Å². The van der Waals surface area contributed by atoms with Crippen molar-refractivity contribution in [2.24, 2.45) is 5.92 Å². The van der Waals surface area contributed by atoms with Crippen LogP contribution in [-0.2, 0) is 4.79 Å². The number of amides is 2. The van der Waals surface area contributed by atoms with E-state index >= 15 is 0 Å². The summed E-state index contributed by atoms with van der Waals surface area (Å²) in [6.07, 6.45) is 2.02. The molecule has 2 rings (SSSR count). The number of nitrogens with one attached hydrogen (secondary N) is 2. The van der Waals surface area contributed by atoms with Crippen molar-refractivity contribution in [3.63, 3.8) is 0 Å². The van der Waals surface area contributed by atoms with E-state index in [4.69, 9.17) is 9.47 Å². The summed E-state index contributed by atoms with van der Waals surface area (Å²) < 4.78 is 10.3. The molecule has 1 saturated carbocycles. The van der Waals surface area contributed by atoms with Gasteiger partial charge < -0.3 is 20.1 Å². The van der Waals surface area contributed by atoms with E-state index in [2.05, 4.69) is 10.6 Å². The largest absolute Gasteiger partial charge is 0.497 e. The molecule has 1 fully saturated rings. The van der Waals surface area contributed by atoms with Crippen LogP contribution in [0.5, 0.6) is 11.5 Å². The first kappa shape index (κ1) is 17.1. The van der Waals surface area contributed by atoms with Crippen molar-refractivity contribution < 1.29 is 19.1 Å². The number of ether oxygens (including phenoxy) is 2. The van der Waals surface area contributed by atoms with Crippen LogP contribution in [-0.4, -0.2) is 38.1 Å². The Balaban J connectivity index is 2.12. The van der Waals surface area contributed by atoms with Gasteiger partial charge in [0.25, 0.3) is 5.91 Å². The molecule has 1 aromatic rings. The van der Waals surface area contributed by atoms with Gasteiger partial charge in [0.15, 0.2) is 0 Å². The second-order valence-corrected chi connectivity index (χ2v) is 6.08. The van der Waals surface area contributed by atoms with E-state index in [1.54, 1.807) is 18.2 Å². The highest BCUT2D eigenvalue weighted by molar-refractivity contribution is 5.98. The zero-order valence-electron chi connectivity index (χ0n) is 14.0. The van der Waals surface area contributed by atoms with Crippen LogP contribution in [0, 0.1) is 5.92 Å². The van der Waals surface area contributed by atoms with Crippen LogP contribution in [0.4, 0.5) is 0 Å². The first-order valence-electron chi connectivity index (χ1n) is 7.79. The maximum absolute atomic E-state index is 12.5. The molecule has 126 valence electrons. The zero-order chi connectivity index (χ0) is 17.0. The van der Waals surface area contributed by atoms with Crippen LogP contribution in [0.15, 0.2) is 18.2 Å². The molecule has 1 aliphatic carbocycles. The average molecular weight is 320 g/mol. The Labute approximate surface area is 136 Å². The van der Waals surface area contributed by atoms with Crippen LogP contribution >= 0.6 is 0 Å². The lowest BCUT2D eigenvalue weighted by molar-refractivity contribution is -0.124. The number of methoxy groups -OCH3 is 2. The van der Waals surface area contributed by atoms with Gasteiger partial charge in [0.1, 0.15) is 17.5 Å². The topological polar surface area (TPSA) is 76.7 Å². The minimum atomic E-state index is -0.569. The van der Waals surface area contributed by atoms with Crippen LogP contribution < -0.4 is 20.1 Å². The molecule has 1 aromatic carbocycles. The van der Waals surface area contributed by atoms with Gasteiger partial charge in [-0.1, -0.05) is 13.8 Å². The van der Waals surface area contributed by atoms with E-state index in [1.165, 1.54) is 14.2 Å². The number of carbonyl (C=O) groups is 2. The molecule has 0 heterocycles. The fourth-order valence-electron chi connectivity index (χ4n) is 2.22. The Hall–Kier alpha value is -2.24. The Morgan fingerprint density at radius 3 is 2.09 bits per heavy atom. The van der Waals surface area contributed by atoms with E-state index in [0.29, 0.717) is 17.1 Å². The molecule has 2 N–H and O–H groups in total. The maximum Gasteiger partial charge on any atom is 0.252 e. The third-order valence-electron chi connectivity index (χ3n) is 3.77. The summed E-state index contributed by atoms with van der Waals surface area (Å²) in [7, 11) is 3.05. The van der Waals surface area contributed by atoms with E-state index in [1.807, 2.05) is 13.8 Å². The third-order valence-corrected chi connectivity index (χ3v) is 3.77. The minimum absolute atomic E-state index is 0.00907. The SMILES string of the molecule is COc1cc(OC)cc(C(=O)N[C@H](C(=O)NC2CC2)C(C)C)c1. The van der Waals surface area contributed by atoms with Gasteiger partial charge in [-0.15, -0.1) is 0 Å². The average Bonchev–Trinajstić information content (AvgIpc) is 3.35. The van der Waals surface area contributed by atoms with Crippen molar-refractivity contribution in [3.05, 3.63) is 23.8 Å². The van der Waals surface area contributed by atoms with Crippen LogP contribution in [0.1, 0.15) is 37.0 Å². The van der Waals surface area contributed by atoms with Crippen LogP contribution in [0.2, 0.25) is 0 Å². The summed E-state index contributed by atoms with van der Waals surface area (Å²) in [5.74, 6) is 0.582. The molecule has 0 radical (unpaired) electrons. The first-order chi connectivity index (χ1) is 10.9. The molecule has 0 spiro atoms. The lowest BCUT2D eigenvalue weighted by Gasteiger charge is -2.22. The van der Waals surface area contributed by atoms with E-state index < -0.39 is 6.04 Å². The van der Waals surface area contributed by atoms with Crippen molar-refractivity contribution in [2.45, 2.75) is 38.8 Å². The summed E-state index contributed by atoms with van der Waals surface area (Å²) in [6, 6.07) is 4.62. The number of hydrogen-bond donors (Lipinski definition) is 2. The predicted octanol–water partition coefficient (Wildman–Crippen LogP) is 1.74. The lowest BCUT2D eigenvalue weighted by Crippen LogP contribution is -2.50. The molecule has 0 unspecified atom stereocenters. The highest BCUT2D eigenvalue weighted by atomic mass is 16.5. The highest BCUT2D eigenvalue weighted by Crippen LogP contribution is 2.23. The number of benzene rings is 1. The molecule has 1 atom stereocenters. The molecule has 0 aromatic heterocycles. The molecule has 6 nitrogen and oxygen atoms in total.